The second-order valence-corrected chi connectivity index (χ2v) is 5.85. The van der Waals surface area contributed by atoms with Gasteiger partial charge in [-0.1, -0.05) is 36.4 Å². The van der Waals surface area contributed by atoms with Crippen LogP contribution in [-0.4, -0.2) is 17.4 Å². The van der Waals surface area contributed by atoms with Crippen molar-refractivity contribution in [1.82, 2.24) is 4.98 Å². The Kier molecular flexibility index (Phi) is 6.20. The summed E-state index contributed by atoms with van der Waals surface area (Å²) < 4.78 is 5.75. The number of aromatic nitrogens is 1. The van der Waals surface area contributed by atoms with Gasteiger partial charge in [-0.05, 0) is 42.0 Å². The molecule has 5 nitrogen and oxygen atoms in total. The van der Waals surface area contributed by atoms with E-state index in [0.29, 0.717) is 30.2 Å². The fourth-order valence-electron chi connectivity index (χ4n) is 2.39. The van der Waals surface area contributed by atoms with Crippen molar-refractivity contribution in [2.45, 2.75) is 6.61 Å². The van der Waals surface area contributed by atoms with E-state index in [1.54, 1.807) is 18.2 Å². The van der Waals surface area contributed by atoms with Gasteiger partial charge in [0.2, 0.25) is 0 Å². The summed E-state index contributed by atoms with van der Waals surface area (Å²) >= 11 is 0. The van der Waals surface area contributed by atoms with Crippen molar-refractivity contribution in [3.63, 3.8) is 0 Å². The molecule has 0 atom stereocenters. The zero-order valence-electron chi connectivity index (χ0n) is 14.9. The lowest BCUT2D eigenvalue weighted by molar-refractivity contribution is 0.102. The molecule has 5 heteroatoms. The molecule has 2 aromatic carbocycles. The molecule has 3 aromatic rings. The van der Waals surface area contributed by atoms with E-state index >= 15 is 0 Å². The summed E-state index contributed by atoms with van der Waals surface area (Å²) in [6.07, 6.45) is 3.29. The third-order valence-corrected chi connectivity index (χ3v) is 3.81. The second-order valence-electron chi connectivity index (χ2n) is 5.85. The van der Waals surface area contributed by atoms with E-state index in [2.05, 4.69) is 22.2 Å². The number of benzene rings is 2. The van der Waals surface area contributed by atoms with Crippen LogP contribution >= 0.6 is 0 Å². The minimum Gasteiger partial charge on any atom is -0.489 e. The van der Waals surface area contributed by atoms with Gasteiger partial charge in [-0.15, -0.1) is 6.58 Å². The van der Waals surface area contributed by atoms with Crippen LogP contribution < -0.4 is 15.4 Å². The smallest absolute Gasteiger partial charge is 0.257 e. The summed E-state index contributed by atoms with van der Waals surface area (Å²) in [4.78, 5) is 16.5. The number of carbonyl (C=O) groups is 1. The maximum absolute atomic E-state index is 12.3. The molecule has 2 N–H and O–H groups in total. The predicted molar refractivity (Wildman–Crippen MR) is 108 cm³/mol. The zero-order chi connectivity index (χ0) is 18.9. The second kappa shape index (κ2) is 9.20. The summed E-state index contributed by atoms with van der Waals surface area (Å²) in [6, 6.07) is 20.7. The van der Waals surface area contributed by atoms with Gasteiger partial charge in [-0.25, -0.2) is 4.98 Å². The minimum absolute atomic E-state index is 0.212. The standard InChI is InChI=1S/C22H21N3O2/c1-2-14-23-21-13-8-18(15-24-21)22(26)25-19-9-11-20(12-10-19)27-16-17-6-4-3-5-7-17/h2-13,15H,1,14,16H2,(H,23,24)(H,25,26). The molecule has 0 radical (unpaired) electrons. The topological polar surface area (TPSA) is 63.2 Å². The highest BCUT2D eigenvalue weighted by Crippen LogP contribution is 2.18. The van der Waals surface area contributed by atoms with E-state index in [9.17, 15) is 4.79 Å². The van der Waals surface area contributed by atoms with Gasteiger partial charge in [0, 0.05) is 18.4 Å². The van der Waals surface area contributed by atoms with Crippen LogP contribution in [-0.2, 0) is 6.61 Å². The van der Waals surface area contributed by atoms with Crippen molar-refractivity contribution in [1.29, 1.82) is 0 Å². The monoisotopic (exact) mass is 359 g/mol. The van der Waals surface area contributed by atoms with E-state index in [4.69, 9.17) is 4.74 Å². The Morgan fingerprint density at radius 1 is 1.04 bits per heavy atom. The van der Waals surface area contributed by atoms with E-state index in [1.807, 2.05) is 54.6 Å². The number of pyridine rings is 1. The summed E-state index contributed by atoms with van der Waals surface area (Å²) in [5.74, 6) is 1.23. The van der Waals surface area contributed by atoms with Crippen molar-refractivity contribution < 1.29 is 9.53 Å². The van der Waals surface area contributed by atoms with E-state index in [-0.39, 0.29) is 5.91 Å². The molecule has 0 aliphatic rings. The molecule has 1 aromatic heterocycles. The fraction of sp³-hybridized carbons (Fsp3) is 0.0909. The summed E-state index contributed by atoms with van der Waals surface area (Å²) in [7, 11) is 0. The number of nitrogens with one attached hydrogen (secondary N) is 2. The molecule has 0 saturated carbocycles. The van der Waals surface area contributed by atoms with Crippen molar-refractivity contribution >= 4 is 17.4 Å². The van der Waals surface area contributed by atoms with Crippen LogP contribution in [0.5, 0.6) is 5.75 Å². The van der Waals surface area contributed by atoms with Crippen LogP contribution in [0.3, 0.4) is 0 Å². The first-order valence-corrected chi connectivity index (χ1v) is 8.63. The first kappa shape index (κ1) is 18.2. The third-order valence-electron chi connectivity index (χ3n) is 3.81. The first-order chi connectivity index (χ1) is 13.2. The SMILES string of the molecule is C=CCNc1ccc(C(=O)Nc2ccc(OCc3ccccc3)cc2)cn1. The van der Waals surface area contributed by atoms with E-state index in [0.717, 1.165) is 11.3 Å². The lowest BCUT2D eigenvalue weighted by Gasteiger charge is -2.09. The molecule has 1 heterocycles. The molecule has 3 rings (SSSR count). The number of rotatable bonds is 8. The van der Waals surface area contributed by atoms with Crippen molar-refractivity contribution in [2.24, 2.45) is 0 Å². The Labute approximate surface area is 158 Å². The molecule has 0 spiro atoms. The van der Waals surface area contributed by atoms with Crippen molar-refractivity contribution in [3.05, 3.63) is 96.7 Å². The first-order valence-electron chi connectivity index (χ1n) is 8.63. The van der Waals surface area contributed by atoms with Gasteiger partial charge < -0.3 is 15.4 Å². The van der Waals surface area contributed by atoms with E-state index in [1.165, 1.54) is 6.20 Å². The number of amides is 1. The van der Waals surface area contributed by atoms with Gasteiger partial charge in [-0.3, -0.25) is 4.79 Å². The lowest BCUT2D eigenvalue weighted by atomic mass is 10.2. The Morgan fingerprint density at radius 2 is 1.81 bits per heavy atom. The molecule has 0 saturated heterocycles. The van der Waals surface area contributed by atoms with Crippen LogP contribution in [0.4, 0.5) is 11.5 Å². The average Bonchev–Trinajstić information content (AvgIpc) is 2.73. The number of hydrogen-bond donors (Lipinski definition) is 2. The maximum Gasteiger partial charge on any atom is 0.257 e. The lowest BCUT2D eigenvalue weighted by Crippen LogP contribution is -2.12. The van der Waals surface area contributed by atoms with Crippen molar-refractivity contribution in [3.8, 4) is 5.75 Å². The fourth-order valence-corrected chi connectivity index (χ4v) is 2.39. The van der Waals surface area contributed by atoms with Crippen LogP contribution in [0.25, 0.3) is 0 Å². The van der Waals surface area contributed by atoms with E-state index < -0.39 is 0 Å². The van der Waals surface area contributed by atoms with Crippen LogP contribution in [0, 0.1) is 0 Å². The molecule has 0 aliphatic heterocycles. The highest BCUT2D eigenvalue weighted by molar-refractivity contribution is 6.04. The number of nitrogens with zero attached hydrogens (tertiary/aromatic N) is 1. The Hall–Kier alpha value is -3.60. The Bertz CT molecular complexity index is 876. The largest absolute Gasteiger partial charge is 0.489 e. The summed E-state index contributed by atoms with van der Waals surface area (Å²) in [6.45, 7) is 4.76. The number of anilines is 2. The van der Waals surface area contributed by atoms with Gasteiger partial charge in [0.05, 0.1) is 5.56 Å². The molecule has 0 unspecified atom stereocenters. The highest BCUT2D eigenvalue weighted by Gasteiger charge is 2.07. The number of hydrogen-bond acceptors (Lipinski definition) is 4. The summed E-state index contributed by atoms with van der Waals surface area (Å²) in [5.41, 5.74) is 2.29. The predicted octanol–water partition coefficient (Wildman–Crippen LogP) is 4.51. The Morgan fingerprint density at radius 3 is 2.48 bits per heavy atom. The average molecular weight is 359 g/mol. The number of ether oxygens (including phenoxy) is 1. The van der Waals surface area contributed by atoms with Crippen LogP contribution in [0.15, 0.2) is 85.6 Å². The van der Waals surface area contributed by atoms with Crippen LogP contribution in [0.2, 0.25) is 0 Å². The van der Waals surface area contributed by atoms with Gasteiger partial charge in [0.15, 0.2) is 0 Å². The molecular weight excluding hydrogens is 338 g/mol. The Balaban J connectivity index is 1.54. The maximum atomic E-state index is 12.3. The van der Waals surface area contributed by atoms with Crippen LogP contribution in [0.1, 0.15) is 15.9 Å². The molecule has 136 valence electrons. The normalized spacial score (nSPS) is 10.1. The van der Waals surface area contributed by atoms with Crippen molar-refractivity contribution in [2.75, 3.05) is 17.2 Å². The van der Waals surface area contributed by atoms with Gasteiger partial charge in [0.25, 0.3) is 5.91 Å². The number of carbonyl (C=O) groups excluding carboxylic acids is 1. The molecular formula is C22H21N3O2. The molecule has 0 aliphatic carbocycles. The summed E-state index contributed by atoms with van der Waals surface area (Å²) in [5, 5.41) is 5.92. The molecule has 0 bridgehead atoms. The third kappa shape index (κ3) is 5.44. The molecule has 0 fully saturated rings. The molecule has 1 amide bonds. The van der Waals surface area contributed by atoms with Gasteiger partial charge >= 0.3 is 0 Å². The van der Waals surface area contributed by atoms with Gasteiger partial charge in [0.1, 0.15) is 18.2 Å². The quantitative estimate of drug-likeness (QED) is 0.581. The molecule has 27 heavy (non-hydrogen) atoms. The highest BCUT2D eigenvalue weighted by atomic mass is 16.5. The zero-order valence-corrected chi connectivity index (χ0v) is 14.9. The minimum atomic E-state index is -0.212. The van der Waals surface area contributed by atoms with Gasteiger partial charge in [-0.2, -0.15) is 0 Å².